The maximum atomic E-state index is 5.52. The number of benzene rings is 2. The molecule has 1 aromatic heterocycles. The summed E-state index contributed by atoms with van der Waals surface area (Å²) in [5, 5.41) is 6.90. The van der Waals surface area contributed by atoms with E-state index in [4.69, 9.17) is 9.84 Å². The quantitative estimate of drug-likeness (QED) is 0.438. The number of hydrogen-bond donors (Lipinski definition) is 0. The molecule has 0 radical (unpaired) electrons. The van der Waals surface area contributed by atoms with Crippen molar-refractivity contribution in [2.75, 3.05) is 14.2 Å². The van der Waals surface area contributed by atoms with E-state index < -0.39 is 0 Å². The van der Waals surface area contributed by atoms with Crippen molar-refractivity contribution in [3.63, 3.8) is 0 Å². The number of ether oxygens (including phenoxy) is 1. The molecule has 0 saturated heterocycles. The van der Waals surface area contributed by atoms with Gasteiger partial charge < -0.3 is 4.74 Å². The molecule has 4 nitrogen and oxygen atoms in total. The SMILES string of the molecule is CN=c1scc(-c2ccccc2OC)n1N=C(C)c1ccc(Br)cc1Br. The lowest BCUT2D eigenvalue weighted by Gasteiger charge is -2.10. The third-order valence-electron chi connectivity index (χ3n) is 3.83. The van der Waals surface area contributed by atoms with Crippen LogP contribution in [0.2, 0.25) is 0 Å². The Hall–Kier alpha value is -1.70. The summed E-state index contributed by atoms with van der Waals surface area (Å²) >= 11 is 8.65. The largest absolute Gasteiger partial charge is 0.496 e. The van der Waals surface area contributed by atoms with Crippen LogP contribution in [-0.4, -0.2) is 24.5 Å². The lowest BCUT2D eigenvalue weighted by Crippen LogP contribution is -2.14. The van der Waals surface area contributed by atoms with Gasteiger partial charge in [-0.05, 0) is 31.2 Å². The van der Waals surface area contributed by atoms with E-state index in [1.54, 1.807) is 25.5 Å². The summed E-state index contributed by atoms with van der Waals surface area (Å²) in [7, 11) is 3.45. The highest BCUT2D eigenvalue weighted by atomic mass is 79.9. The van der Waals surface area contributed by atoms with E-state index in [1.165, 1.54) is 0 Å². The van der Waals surface area contributed by atoms with Crippen LogP contribution in [0.5, 0.6) is 5.75 Å². The van der Waals surface area contributed by atoms with Crippen LogP contribution in [0, 0.1) is 0 Å². The first kappa shape index (κ1) is 19.1. The van der Waals surface area contributed by atoms with Gasteiger partial charge in [0, 0.05) is 32.5 Å². The van der Waals surface area contributed by atoms with Crippen molar-refractivity contribution in [2.45, 2.75) is 6.92 Å². The summed E-state index contributed by atoms with van der Waals surface area (Å²) in [6.45, 7) is 1.99. The van der Waals surface area contributed by atoms with E-state index in [0.29, 0.717) is 0 Å². The van der Waals surface area contributed by atoms with E-state index in [9.17, 15) is 0 Å². The fourth-order valence-electron chi connectivity index (χ4n) is 2.58. The van der Waals surface area contributed by atoms with Crippen molar-refractivity contribution in [1.29, 1.82) is 0 Å². The molecule has 0 unspecified atom stereocenters. The Morgan fingerprint density at radius 2 is 1.92 bits per heavy atom. The molecule has 0 aliphatic carbocycles. The summed E-state index contributed by atoms with van der Waals surface area (Å²) in [5.74, 6) is 0.805. The van der Waals surface area contributed by atoms with Gasteiger partial charge in [0.2, 0.25) is 4.80 Å². The molecule has 7 heteroatoms. The van der Waals surface area contributed by atoms with Gasteiger partial charge in [-0.3, -0.25) is 4.99 Å². The molecule has 0 amide bonds. The molecule has 134 valence electrons. The van der Waals surface area contributed by atoms with Gasteiger partial charge in [-0.25, -0.2) is 4.68 Å². The van der Waals surface area contributed by atoms with E-state index in [0.717, 1.165) is 42.0 Å². The molecule has 0 aliphatic rings. The van der Waals surface area contributed by atoms with Crippen LogP contribution in [0.15, 0.2) is 66.9 Å². The van der Waals surface area contributed by atoms with Gasteiger partial charge in [-0.2, -0.15) is 5.10 Å². The first-order valence-corrected chi connectivity index (χ1v) is 10.3. The zero-order chi connectivity index (χ0) is 18.7. The average molecular weight is 495 g/mol. The molecular weight excluding hydrogens is 478 g/mol. The minimum absolute atomic E-state index is 0.805. The molecule has 0 N–H and O–H groups in total. The number of thiazole rings is 1. The van der Waals surface area contributed by atoms with Gasteiger partial charge in [-0.15, -0.1) is 11.3 Å². The molecule has 3 aromatic rings. The van der Waals surface area contributed by atoms with Crippen LogP contribution in [0.1, 0.15) is 12.5 Å². The number of halogens is 2. The number of methoxy groups -OCH3 is 1. The maximum absolute atomic E-state index is 5.52. The number of aromatic nitrogens is 1. The Kier molecular flexibility index (Phi) is 6.11. The van der Waals surface area contributed by atoms with Crippen molar-refractivity contribution >= 4 is 48.9 Å². The maximum Gasteiger partial charge on any atom is 0.205 e. The number of hydrogen-bond acceptors (Lipinski definition) is 4. The second-order valence-electron chi connectivity index (χ2n) is 5.45. The highest BCUT2D eigenvalue weighted by Gasteiger charge is 2.13. The van der Waals surface area contributed by atoms with Crippen molar-refractivity contribution in [3.8, 4) is 17.0 Å². The van der Waals surface area contributed by atoms with Crippen LogP contribution in [-0.2, 0) is 0 Å². The molecule has 1 heterocycles. The Labute approximate surface area is 173 Å². The molecule has 26 heavy (non-hydrogen) atoms. The number of para-hydroxylation sites is 1. The van der Waals surface area contributed by atoms with Crippen LogP contribution in [0.25, 0.3) is 11.3 Å². The lowest BCUT2D eigenvalue weighted by atomic mass is 10.1. The van der Waals surface area contributed by atoms with Crippen molar-refractivity contribution in [3.05, 3.63) is 67.2 Å². The summed E-state index contributed by atoms with van der Waals surface area (Å²) in [6, 6.07) is 14.0. The molecule has 3 rings (SSSR count). The highest BCUT2D eigenvalue weighted by Crippen LogP contribution is 2.30. The Bertz CT molecular complexity index is 1040. The zero-order valence-electron chi connectivity index (χ0n) is 14.5. The second-order valence-corrected chi connectivity index (χ2v) is 8.06. The predicted molar refractivity (Wildman–Crippen MR) is 115 cm³/mol. The third-order valence-corrected chi connectivity index (χ3v) is 5.89. The summed E-state index contributed by atoms with van der Waals surface area (Å²) in [5.41, 5.74) is 3.84. The van der Waals surface area contributed by atoms with E-state index >= 15 is 0 Å². The van der Waals surface area contributed by atoms with Gasteiger partial charge in [0.1, 0.15) is 5.75 Å². The van der Waals surface area contributed by atoms with Gasteiger partial charge >= 0.3 is 0 Å². The first-order chi connectivity index (χ1) is 12.5. The number of rotatable bonds is 4. The van der Waals surface area contributed by atoms with Crippen LogP contribution in [0.4, 0.5) is 0 Å². The summed E-state index contributed by atoms with van der Waals surface area (Å²) in [6.07, 6.45) is 0. The van der Waals surface area contributed by atoms with Gasteiger partial charge in [0.05, 0.1) is 18.5 Å². The summed E-state index contributed by atoms with van der Waals surface area (Å²) in [4.78, 5) is 5.19. The fraction of sp³-hybridized carbons (Fsp3) is 0.158. The van der Waals surface area contributed by atoms with E-state index in [2.05, 4.69) is 36.9 Å². The standard InChI is InChI=1S/C19H17Br2N3OS/c1-12(14-9-8-13(20)10-16(14)21)23-24-17(11-26-19(24)22-2)15-6-4-5-7-18(15)25-3/h4-11H,1-3H3. The fourth-order valence-corrected chi connectivity index (χ4v) is 4.70. The smallest absolute Gasteiger partial charge is 0.205 e. The molecule has 0 saturated carbocycles. The first-order valence-electron chi connectivity index (χ1n) is 7.83. The van der Waals surface area contributed by atoms with Gasteiger partial charge in [-0.1, -0.05) is 50.1 Å². The van der Waals surface area contributed by atoms with Crippen LogP contribution >= 0.6 is 43.2 Å². The minimum Gasteiger partial charge on any atom is -0.496 e. The van der Waals surface area contributed by atoms with Crippen LogP contribution in [0.3, 0.4) is 0 Å². The van der Waals surface area contributed by atoms with E-state index in [-0.39, 0.29) is 0 Å². The topological polar surface area (TPSA) is 38.9 Å². The molecular formula is C19H17Br2N3OS. The number of nitrogens with zero attached hydrogens (tertiary/aromatic N) is 3. The molecule has 2 aromatic carbocycles. The summed E-state index contributed by atoms with van der Waals surface area (Å²) < 4.78 is 9.39. The van der Waals surface area contributed by atoms with Crippen molar-refractivity contribution < 1.29 is 4.74 Å². The van der Waals surface area contributed by atoms with Crippen LogP contribution < -0.4 is 9.54 Å². The second kappa shape index (κ2) is 8.33. The van der Waals surface area contributed by atoms with Gasteiger partial charge in [0.25, 0.3) is 0 Å². The van der Waals surface area contributed by atoms with Crippen molar-refractivity contribution in [2.24, 2.45) is 10.1 Å². The monoisotopic (exact) mass is 493 g/mol. The zero-order valence-corrected chi connectivity index (χ0v) is 18.5. The Balaban J connectivity index is 2.18. The highest BCUT2D eigenvalue weighted by molar-refractivity contribution is 9.11. The molecule has 0 aliphatic heterocycles. The third kappa shape index (κ3) is 3.84. The molecule has 0 bridgehead atoms. The molecule has 0 fully saturated rings. The van der Waals surface area contributed by atoms with E-state index in [1.807, 2.05) is 59.4 Å². The average Bonchev–Trinajstić information content (AvgIpc) is 3.03. The van der Waals surface area contributed by atoms with Gasteiger partial charge in [0.15, 0.2) is 0 Å². The van der Waals surface area contributed by atoms with Crippen molar-refractivity contribution in [1.82, 2.24) is 4.68 Å². The normalized spacial score (nSPS) is 12.5. The molecule has 0 spiro atoms. The molecule has 0 atom stereocenters. The Morgan fingerprint density at radius 3 is 2.62 bits per heavy atom. The lowest BCUT2D eigenvalue weighted by molar-refractivity contribution is 0.416. The predicted octanol–water partition coefficient (Wildman–Crippen LogP) is 5.55. The minimum atomic E-state index is 0.805. The Morgan fingerprint density at radius 1 is 1.15 bits per heavy atom.